The number of hydrogen-bond acceptors (Lipinski definition) is 1. The van der Waals surface area contributed by atoms with Crippen molar-refractivity contribution in [3.8, 4) is 0 Å². The fourth-order valence-electron chi connectivity index (χ4n) is 0. The molecule has 0 aliphatic carbocycles. The highest BCUT2D eigenvalue weighted by atomic mass is 35.5. The highest BCUT2D eigenvalue weighted by molar-refractivity contribution is 6.64. The molecule has 0 N–H and O–H groups in total. The first-order valence-corrected chi connectivity index (χ1v) is 2.37. The molecule has 0 amide bonds. The van der Waals surface area contributed by atoms with E-state index < -0.39 is 10.7 Å². The standard InChI is InChI=1S/C5H8ClO/c1-5(2,3)4(6)7/h1H2,2-3H3/q+1. The lowest BCUT2D eigenvalue weighted by atomic mass is 10.00. The van der Waals surface area contributed by atoms with Gasteiger partial charge in [-0.2, -0.15) is 0 Å². The van der Waals surface area contributed by atoms with Crippen molar-refractivity contribution in [2.75, 3.05) is 0 Å². The quantitative estimate of drug-likeness (QED) is 0.379. The molecule has 2 heteroatoms. The molecule has 0 fully saturated rings. The van der Waals surface area contributed by atoms with Crippen LogP contribution in [-0.4, -0.2) is 5.24 Å². The van der Waals surface area contributed by atoms with Gasteiger partial charge in [0.1, 0.15) is 0 Å². The minimum Gasteiger partial charge on any atom is -0.276 e. The third kappa shape index (κ3) is 2.52. The van der Waals surface area contributed by atoms with Gasteiger partial charge in [-0.1, -0.05) is 0 Å². The van der Waals surface area contributed by atoms with Gasteiger partial charge in [0.25, 0.3) is 5.24 Å². The average Bonchev–Trinajstić information content (AvgIpc) is 1.31. The number of rotatable bonds is 1. The molecular weight excluding hydrogens is 112 g/mol. The highest BCUT2D eigenvalue weighted by Gasteiger charge is 2.26. The lowest BCUT2D eigenvalue weighted by Crippen LogP contribution is -2.13. The van der Waals surface area contributed by atoms with Crippen LogP contribution in [0.4, 0.5) is 0 Å². The highest BCUT2D eigenvalue weighted by Crippen LogP contribution is 2.15. The molecule has 0 atom stereocenters. The molecule has 0 unspecified atom stereocenters. The maximum atomic E-state index is 10.2. The van der Waals surface area contributed by atoms with Crippen molar-refractivity contribution in [3.63, 3.8) is 0 Å². The van der Waals surface area contributed by atoms with E-state index in [1.807, 2.05) is 0 Å². The van der Waals surface area contributed by atoms with Gasteiger partial charge in [0.15, 0.2) is 5.41 Å². The van der Waals surface area contributed by atoms with Gasteiger partial charge in [0.2, 0.25) is 0 Å². The molecule has 0 saturated heterocycles. The molecule has 0 aromatic carbocycles. The van der Waals surface area contributed by atoms with Crippen molar-refractivity contribution in [3.05, 3.63) is 6.92 Å². The van der Waals surface area contributed by atoms with Gasteiger partial charge in [-0.3, -0.25) is 4.79 Å². The van der Waals surface area contributed by atoms with E-state index >= 15 is 0 Å². The first-order chi connectivity index (χ1) is 2.94. The Morgan fingerprint density at radius 1 is 1.71 bits per heavy atom. The molecule has 0 spiro atoms. The molecule has 40 valence electrons. The zero-order valence-corrected chi connectivity index (χ0v) is 5.25. The number of halogens is 1. The van der Waals surface area contributed by atoms with E-state index in [1.54, 1.807) is 13.8 Å². The molecule has 0 rings (SSSR count). The van der Waals surface area contributed by atoms with Crippen molar-refractivity contribution >= 4 is 16.8 Å². The Hall–Kier alpha value is -0.170. The first kappa shape index (κ1) is 6.83. The maximum absolute atomic E-state index is 10.2. The molecule has 0 aromatic heterocycles. The van der Waals surface area contributed by atoms with Gasteiger partial charge in [0.05, 0.1) is 6.92 Å². The van der Waals surface area contributed by atoms with Gasteiger partial charge in [-0.05, 0) is 25.4 Å². The van der Waals surface area contributed by atoms with Crippen LogP contribution in [0.3, 0.4) is 0 Å². The van der Waals surface area contributed by atoms with Crippen LogP contribution in [0.2, 0.25) is 0 Å². The third-order valence-electron chi connectivity index (χ3n) is 0.532. The molecular formula is C5H8ClO+. The van der Waals surface area contributed by atoms with E-state index in [1.165, 1.54) is 0 Å². The number of carbonyl (C=O) groups is 1. The van der Waals surface area contributed by atoms with Crippen LogP contribution >= 0.6 is 11.6 Å². The Bertz CT molecular complexity index is 80.6. The topological polar surface area (TPSA) is 17.1 Å². The second kappa shape index (κ2) is 1.74. The second-order valence-electron chi connectivity index (χ2n) is 2.16. The molecule has 0 aromatic rings. The summed E-state index contributed by atoms with van der Waals surface area (Å²) in [6, 6.07) is 0. The molecule has 0 aliphatic rings. The molecule has 7 heavy (non-hydrogen) atoms. The monoisotopic (exact) mass is 119 g/mol. The van der Waals surface area contributed by atoms with E-state index in [0.717, 1.165) is 0 Å². The lowest BCUT2D eigenvalue weighted by Gasteiger charge is -2.00. The molecule has 0 saturated carbocycles. The van der Waals surface area contributed by atoms with Crippen LogP contribution in [0.1, 0.15) is 13.8 Å². The summed E-state index contributed by atoms with van der Waals surface area (Å²) in [4.78, 5) is 10.2. The summed E-state index contributed by atoms with van der Waals surface area (Å²) in [7, 11) is 0. The minimum atomic E-state index is -0.623. The predicted molar refractivity (Wildman–Crippen MR) is 30.0 cm³/mol. The summed E-state index contributed by atoms with van der Waals surface area (Å²) in [5.74, 6) is 0. The van der Waals surface area contributed by atoms with Crippen molar-refractivity contribution in [2.45, 2.75) is 13.8 Å². The van der Waals surface area contributed by atoms with Gasteiger partial charge in [-0.25, -0.2) is 0 Å². The van der Waals surface area contributed by atoms with E-state index in [0.29, 0.717) is 0 Å². The largest absolute Gasteiger partial charge is 0.276 e. The fourth-order valence-corrected chi connectivity index (χ4v) is 0. The molecule has 0 radical (unpaired) electrons. The van der Waals surface area contributed by atoms with Crippen molar-refractivity contribution in [1.29, 1.82) is 0 Å². The Labute approximate surface area is 48.7 Å². The van der Waals surface area contributed by atoms with E-state index in [-0.39, 0.29) is 0 Å². The molecule has 0 aliphatic heterocycles. The van der Waals surface area contributed by atoms with Gasteiger partial charge >= 0.3 is 0 Å². The average molecular weight is 120 g/mol. The van der Waals surface area contributed by atoms with E-state index in [9.17, 15) is 4.79 Å². The van der Waals surface area contributed by atoms with Crippen LogP contribution in [0.15, 0.2) is 0 Å². The predicted octanol–water partition coefficient (Wildman–Crippen LogP) is 1.61. The lowest BCUT2D eigenvalue weighted by molar-refractivity contribution is -0.117. The minimum absolute atomic E-state index is 0.396. The normalized spacial score (nSPS) is 11.3. The van der Waals surface area contributed by atoms with E-state index in [2.05, 4.69) is 6.92 Å². The summed E-state index contributed by atoms with van der Waals surface area (Å²) < 4.78 is 0. The summed E-state index contributed by atoms with van der Waals surface area (Å²) in [5, 5.41) is -0.396. The fraction of sp³-hybridized carbons (Fsp3) is 0.600. The Kier molecular flexibility index (Phi) is 1.70. The van der Waals surface area contributed by atoms with Crippen molar-refractivity contribution < 1.29 is 4.79 Å². The third-order valence-corrected chi connectivity index (χ3v) is 1.04. The van der Waals surface area contributed by atoms with Crippen LogP contribution in [-0.2, 0) is 4.79 Å². The summed E-state index contributed by atoms with van der Waals surface area (Å²) >= 11 is 5.05. The smallest absolute Gasteiger partial charge is 0.271 e. The Morgan fingerprint density at radius 3 is 1.86 bits per heavy atom. The second-order valence-corrected chi connectivity index (χ2v) is 2.50. The maximum Gasteiger partial charge on any atom is 0.271 e. The van der Waals surface area contributed by atoms with Crippen LogP contribution < -0.4 is 0 Å². The van der Waals surface area contributed by atoms with Crippen LogP contribution in [0, 0.1) is 12.3 Å². The van der Waals surface area contributed by atoms with Crippen LogP contribution in [0.25, 0.3) is 0 Å². The van der Waals surface area contributed by atoms with Crippen LogP contribution in [0.5, 0.6) is 0 Å². The van der Waals surface area contributed by atoms with Gasteiger partial charge < -0.3 is 0 Å². The SMILES string of the molecule is [CH2+]C(C)(C)C(=O)Cl. The first-order valence-electron chi connectivity index (χ1n) is 2.00. The molecule has 0 bridgehead atoms. The van der Waals surface area contributed by atoms with Crippen molar-refractivity contribution in [1.82, 2.24) is 0 Å². The zero-order valence-electron chi connectivity index (χ0n) is 4.49. The zero-order chi connectivity index (χ0) is 6.08. The summed E-state index contributed by atoms with van der Waals surface area (Å²) in [6.45, 7) is 6.83. The summed E-state index contributed by atoms with van der Waals surface area (Å²) in [6.07, 6.45) is 0. The van der Waals surface area contributed by atoms with Gasteiger partial charge in [-0.15, -0.1) is 0 Å². The Balaban J connectivity index is 3.79. The van der Waals surface area contributed by atoms with Gasteiger partial charge in [0, 0.05) is 0 Å². The Morgan fingerprint density at radius 2 is 1.86 bits per heavy atom. The molecule has 0 heterocycles. The molecule has 1 nitrogen and oxygen atoms in total. The summed E-state index contributed by atoms with van der Waals surface area (Å²) in [5.41, 5.74) is -0.623. The van der Waals surface area contributed by atoms with Crippen molar-refractivity contribution in [2.24, 2.45) is 5.41 Å². The van der Waals surface area contributed by atoms with E-state index in [4.69, 9.17) is 11.6 Å². The number of carbonyl (C=O) groups excluding carboxylic acids is 1. The number of hydrogen-bond donors (Lipinski definition) is 0.